The number of nitrogens with two attached hydrogens (primary N) is 1. The molecule has 2 aliphatic heterocycles. The van der Waals surface area contributed by atoms with Crippen molar-refractivity contribution in [3.63, 3.8) is 0 Å². The third-order valence-electron chi connectivity index (χ3n) is 5.26. The molecule has 2 aromatic rings. The minimum absolute atomic E-state index is 0.0707. The van der Waals surface area contributed by atoms with Crippen LogP contribution in [0.15, 0.2) is 29.0 Å². The summed E-state index contributed by atoms with van der Waals surface area (Å²) in [6.07, 6.45) is 4.89. The Morgan fingerprint density at radius 3 is 2.76 bits per heavy atom. The van der Waals surface area contributed by atoms with Crippen molar-refractivity contribution in [2.24, 2.45) is 11.7 Å². The molecule has 2 aliphatic rings. The Kier molecular flexibility index (Phi) is 5.14. The van der Waals surface area contributed by atoms with Crippen LogP contribution in [0.1, 0.15) is 47.1 Å². The number of carbonyl (C=O) groups excluding carboxylic acids is 2. The van der Waals surface area contributed by atoms with Crippen LogP contribution in [-0.2, 0) is 9.63 Å². The third kappa shape index (κ3) is 3.77. The molecule has 2 saturated heterocycles. The molecule has 1 atom stereocenters. The first-order valence-corrected chi connectivity index (χ1v) is 9.39. The van der Waals surface area contributed by atoms with Crippen LogP contribution < -0.4 is 10.6 Å². The molecule has 2 N–H and O–H groups in total. The maximum Gasteiger partial charge on any atom is 0.267 e. The molecule has 10 nitrogen and oxygen atoms in total. The van der Waals surface area contributed by atoms with Crippen LogP contribution >= 0.6 is 0 Å². The molecule has 4 rings (SSSR count). The number of amides is 2. The largest absolute Gasteiger partial charge is 0.453 e. The standard InChI is InChI=1S/C19H20N6O4/c20-10-14-9-13(11-28-14)16-4-8-29-25(16)18(27)12-2-6-24(7-3-12)19-22-5-1-15(23-19)17(21)26/h1,5,9,11-12,16H,2-4,6-8H2,(H2,21,26)/t16-/m0/s1. The van der Waals surface area contributed by atoms with Gasteiger partial charge in [-0.15, -0.1) is 0 Å². The molecule has 2 aromatic heterocycles. The lowest BCUT2D eigenvalue weighted by molar-refractivity contribution is -0.182. The van der Waals surface area contributed by atoms with Gasteiger partial charge in [0.15, 0.2) is 0 Å². The smallest absolute Gasteiger partial charge is 0.267 e. The number of primary amides is 1. The summed E-state index contributed by atoms with van der Waals surface area (Å²) in [6.45, 7) is 1.61. The number of carbonyl (C=O) groups is 2. The number of hydroxylamine groups is 2. The van der Waals surface area contributed by atoms with Crippen molar-refractivity contribution in [3.8, 4) is 6.07 Å². The van der Waals surface area contributed by atoms with Crippen LogP contribution in [0.2, 0.25) is 0 Å². The number of nitriles is 1. The first-order valence-electron chi connectivity index (χ1n) is 9.39. The topological polar surface area (TPSA) is 139 Å². The average molecular weight is 396 g/mol. The van der Waals surface area contributed by atoms with Crippen LogP contribution in [0.3, 0.4) is 0 Å². The molecule has 4 heterocycles. The van der Waals surface area contributed by atoms with Crippen molar-refractivity contribution < 1.29 is 18.8 Å². The van der Waals surface area contributed by atoms with E-state index >= 15 is 0 Å². The third-order valence-corrected chi connectivity index (χ3v) is 5.26. The fourth-order valence-electron chi connectivity index (χ4n) is 3.72. The van der Waals surface area contributed by atoms with Gasteiger partial charge in [-0.1, -0.05) is 0 Å². The van der Waals surface area contributed by atoms with E-state index < -0.39 is 5.91 Å². The summed E-state index contributed by atoms with van der Waals surface area (Å²) in [4.78, 5) is 40.3. The monoisotopic (exact) mass is 396 g/mol. The highest BCUT2D eigenvalue weighted by atomic mass is 16.7. The molecule has 0 saturated carbocycles. The van der Waals surface area contributed by atoms with Crippen molar-refractivity contribution in [1.82, 2.24) is 15.0 Å². The Morgan fingerprint density at radius 1 is 1.28 bits per heavy atom. The minimum atomic E-state index is -0.602. The number of rotatable bonds is 4. The van der Waals surface area contributed by atoms with Gasteiger partial charge < -0.3 is 15.1 Å². The zero-order valence-corrected chi connectivity index (χ0v) is 15.7. The fourth-order valence-corrected chi connectivity index (χ4v) is 3.72. The summed E-state index contributed by atoms with van der Waals surface area (Å²) in [7, 11) is 0. The molecule has 2 fully saturated rings. The van der Waals surface area contributed by atoms with Gasteiger partial charge in [0.1, 0.15) is 11.8 Å². The van der Waals surface area contributed by atoms with Crippen LogP contribution in [0.25, 0.3) is 0 Å². The SMILES string of the molecule is N#Cc1cc([C@@H]2CCON2C(=O)C2CCN(c3nccc(C(N)=O)n3)CC2)co1. The summed E-state index contributed by atoms with van der Waals surface area (Å²) >= 11 is 0. The molecule has 0 aromatic carbocycles. The van der Waals surface area contributed by atoms with Gasteiger partial charge in [-0.3, -0.25) is 14.4 Å². The summed E-state index contributed by atoms with van der Waals surface area (Å²) in [5, 5.41) is 10.4. The maximum absolute atomic E-state index is 13.0. The van der Waals surface area contributed by atoms with E-state index in [1.165, 1.54) is 23.6 Å². The molecule has 0 unspecified atom stereocenters. The van der Waals surface area contributed by atoms with Crippen molar-refractivity contribution in [2.75, 3.05) is 24.6 Å². The van der Waals surface area contributed by atoms with E-state index in [0.717, 1.165) is 5.56 Å². The summed E-state index contributed by atoms with van der Waals surface area (Å²) in [5.41, 5.74) is 6.21. The van der Waals surface area contributed by atoms with Crippen molar-refractivity contribution >= 4 is 17.8 Å². The number of hydrogen-bond donors (Lipinski definition) is 1. The lowest BCUT2D eigenvalue weighted by Gasteiger charge is -2.33. The number of nitrogens with zero attached hydrogens (tertiary/aromatic N) is 5. The second-order valence-electron chi connectivity index (χ2n) is 7.03. The molecule has 0 aliphatic carbocycles. The van der Waals surface area contributed by atoms with E-state index in [0.29, 0.717) is 44.9 Å². The molecular formula is C19H20N6O4. The van der Waals surface area contributed by atoms with Crippen LogP contribution in [0, 0.1) is 17.2 Å². The van der Waals surface area contributed by atoms with Gasteiger partial charge >= 0.3 is 0 Å². The quantitative estimate of drug-likeness (QED) is 0.812. The molecule has 0 spiro atoms. The van der Waals surface area contributed by atoms with Crippen molar-refractivity contribution in [2.45, 2.75) is 25.3 Å². The van der Waals surface area contributed by atoms with Gasteiger partial charge in [-0.25, -0.2) is 15.0 Å². The maximum atomic E-state index is 13.0. The van der Waals surface area contributed by atoms with Gasteiger partial charge in [0.25, 0.3) is 5.91 Å². The number of aromatic nitrogens is 2. The predicted molar refractivity (Wildman–Crippen MR) is 99.1 cm³/mol. The van der Waals surface area contributed by atoms with E-state index in [-0.39, 0.29) is 29.3 Å². The fraction of sp³-hybridized carbons (Fsp3) is 0.421. The van der Waals surface area contributed by atoms with Crippen molar-refractivity contribution in [3.05, 3.63) is 41.6 Å². The number of furan rings is 1. The second kappa shape index (κ2) is 7.89. The van der Waals surface area contributed by atoms with Gasteiger partial charge in [0.2, 0.25) is 17.6 Å². The Labute approximate surface area is 166 Å². The number of piperidine rings is 1. The van der Waals surface area contributed by atoms with Crippen molar-refractivity contribution in [1.29, 1.82) is 5.26 Å². The molecular weight excluding hydrogens is 376 g/mol. The summed E-state index contributed by atoms with van der Waals surface area (Å²) in [5.74, 6) is -0.211. The van der Waals surface area contributed by atoms with E-state index in [9.17, 15) is 9.59 Å². The average Bonchev–Trinajstić information content (AvgIpc) is 3.42. The summed E-state index contributed by atoms with van der Waals surface area (Å²) in [6, 6.07) is 4.82. The molecule has 29 heavy (non-hydrogen) atoms. The highest BCUT2D eigenvalue weighted by molar-refractivity contribution is 5.90. The Bertz CT molecular complexity index is 960. The summed E-state index contributed by atoms with van der Waals surface area (Å²) < 4.78 is 5.18. The first kappa shape index (κ1) is 18.9. The predicted octanol–water partition coefficient (Wildman–Crippen LogP) is 1.16. The zero-order chi connectivity index (χ0) is 20.4. The number of hydrogen-bond acceptors (Lipinski definition) is 8. The molecule has 0 radical (unpaired) electrons. The molecule has 0 bridgehead atoms. The molecule has 10 heteroatoms. The zero-order valence-electron chi connectivity index (χ0n) is 15.7. The van der Waals surface area contributed by atoms with Gasteiger partial charge in [0.05, 0.1) is 18.9 Å². The van der Waals surface area contributed by atoms with E-state index in [2.05, 4.69) is 9.97 Å². The van der Waals surface area contributed by atoms with Crippen LogP contribution in [0.5, 0.6) is 0 Å². The number of anilines is 1. The molecule has 2 amide bonds. The lowest BCUT2D eigenvalue weighted by atomic mass is 9.95. The molecule has 150 valence electrons. The van der Waals surface area contributed by atoms with Crippen LogP contribution in [0.4, 0.5) is 5.95 Å². The second-order valence-corrected chi connectivity index (χ2v) is 7.03. The van der Waals surface area contributed by atoms with Crippen LogP contribution in [-0.4, -0.2) is 46.5 Å². The van der Waals surface area contributed by atoms with E-state index in [4.69, 9.17) is 20.3 Å². The Hall–Kier alpha value is -3.45. The van der Waals surface area contributed by atoms with E-state index in [1.54, 1.807) is 6.07 Å². The normalized spacial score (nSPS) is 19.9. The van der Waals surface area contributed by atoms with Gasteiger partial charge in [-0.05, 0) is 18.9 Å². The van der Waals surface area contributed by atoms with Gasteiger partial charge in [0, 0.05) is 43.3 Å². The first-order chi connectivity index (χ1) is 14.1. The Balaban J connectivity index is 1.40. The lowest BCUT2D eigenvalue weighted by Crippen LogP contribution is -2.42. The highest BCUT2D eigenvalue weighted by Gasteiger charge is 2.38. The minimum Gasteiger partial charge on any atom is -0.453 e. The Morgan fingerprint density at radius 2 is 2.07 bits per heavy atom. The highest BCUT2D eigenvalue weighted by Crippen LogP contribution is 2.34. The van der Waals surface area contributed by atoms with E-state index in [1.807, 2.05) is 11.0 Å². The van der Waals surface area contributed by atoms with Gasteiger partial charge in [-0.2, -0.15) is 5.26 Å².